The lowest BCUT2D eigenvalue weighted by Gasteiger charge is -2.28. The van der Waals surface area contributed by atoms with E-state index in [9.17, 15) is 41.9 Å². The van der Waals surface area contributed by atoms with Gasteiger partial charge in [-0.15, -0.1) is 11.3 Å². The highest BCUT2D eigenvalue weighted by molar-refractivity contribution is 7.13. The molecule has 0 radical (unpaired) electrons. The van der Waals surface area contributed by atoms with Crippen molar-refractivity contribution in [3.63, 3.8) is 0 Å². The molecule has 2 heterocycles. The first-order chi connectivity index (χ1) is 25.0. The summed E-state index contributed by atoms with van der Waals surface area (Å²) in [4.78, 5) is 85.5. The smallest absolute Gasteiger partial charge is 0.355 e. The number of carbonyl (C=O) groups is 6. The molecule has 4 rings (SSSR count). The Bertz CT molecular complexity index is 1790. The Morgan fingerprint density at radius 2 is 1.64 bits per heavy atom. The summed E-state index contributed by atoms with van der Waals surface area (Å²) in [6, 6.07) is 8.80. The summed E-state index contributed by atoms with van der Waals surface area (Å²) in [6.45, 7) is 4.56. The summed E-state index contributed by atoms with van der Waals surface area (Å²) in [5.74, 6) is -4.25. The normalized spacial score (nSPS) is 21.5. The number of amides is 6. The molecule has 0 spiro atoms. The number of benzene rings is 2. The molecule has 1 aromatic heterocycles. The largest absolute Gasteiger partial charge is 0.416 e. The lowest BCUT2D eigenvalue weighted by atomic mass is 10.0. The Morgan fingerprint density at radius 1 is 0.962 bits per heavy atom. The van der Waals surface area contributed by atoms with E-state index in [1.54, 1.807) is 38.1 Å². The van der Waals surface area contributed by atoms with E-state index in [0.717, 1.165) is 29.0 Å². The van der Waals surface area contributed by atoms with Crippen LogP contribution in [-0.2, 0) is 36.6 Å². The van der Waals surface area contributed by atoms with Gasteiger partial charge >= 0.3 is 6.18 Å². The summed E-state index contributed by atoms with van der Waals surface area (Å²) >= 11 is 1.03. The summed E-state index contributed by atoms with van der Waals surface area (Å²) in [5.41, 5.74) is 0.214. The standard InChI is InChI=1S/C36H42F3N7O6S/c1-20(2)29-33(51)41-21(3)30(48)43-26(17-22-9-6-5-7-10-22)35(52)46(4)18-28(47)40-16-8-11-25(31(49)45-29)42-32(50)27-19-53-34(44-27)23-12-14-24(15-13-23)36(37,38)39/h5-7,9-10,12-15,19-21,25-26,29H,8,11,16-18H2,1-4H3,(H,40,47)(H,41,51)(H,42,50)(H,43,48)(H,45,49)/t21-,25+,26+,29-/m1/s1. The topological polar surface area (TPSA) is 179 Å². The van der Waals surface area contributed by atoms with Crippen LogP contribution >= 0.6 is 11.3 Å². The fraction of sp³-hybridized carbons (Fsp3) is 0.417. The van der Waals surface area contributed by atoms with Gasteiger partial charge in [-0.1, -0.05) is 56.3 Å². The van der Waals surface area contributed by atoms with E-state index >= 15 is 0 Å². The lowest BCUT2D eigenvalue weighted by Crippen LogP contribution is -2.59. The molecule has 17 heteroatoms. The zero-order valence-corrected chi connectivity index (χ0v) is 30.4. The van der Waals surface area contributed by atoms with E-state index in [2.05, 4.69) is 31.6 Å². The van der Waals surface area contributed by atoms with Crippen LogP contribution in [0.2, 0.25) is 0 Å². The second-order valence-corrected chi connectivity index (χ2v) is 13.9. The number of nitrogens with zero attached hydrogens (tertiary/aromatic N) is 2. The summed E-state index contributed by atoms with van der Waals surface area (Å²) in [6.07, 6.45) is -4.15. The molecular weight excluding hydrogens is 715 g/mol. The van der Waals surface area contributed by atoms with Crippen LogP contribution in [0.4, 0.5) is 13.2 Å². The number of hydrogen-bond donors (Lipinski definition) is 5. The van der Waals surface area contributed by atoms with Gasteiger partial charge in [-0.2, -0.15) is 13.2 Å². The average Bonchev–Trinajstić information content (AvgIpc) is 3.61. The third-order valence-electron chi connectivity index (χ3n) is 8.46. The van der Waals surface area contributed by atoms with Crippen LogP contribution < -0.4 is 26.6 Å². The van der Waals surface area contributed by atoms with Crippen molar-refractivity contribution >= 4 is 46.8 Å². The van der Waals surface area contributed by atoms with Crippen LogP contribution in [0.3, 0.4) is 0 Å². The highest BCUT2D eigenvalue weighted by Gasteiger charge is 2.33. The van der Waals surface area contributed by atoms with Crippen molar-refractivity contribution < 1.29 is 41.9 Å². The molecule has 1 fully saturated rings. The molecule has 1 aliphatic rings. The van der Waals surface area contributed by atoms with Crippen molar-refractivity contribution in [1.82, 2.24) is 36.5 Å². The monoisotopic (exact) mass is 757 g/mol. The Kier molecular flexibility index (Phi) is 13.7. The number of aromatic nitrogens is 1. The quantitative estimate of drug-likeness (QED) is 0.257. The molecule has 4 atom stereocenters. The second kappa shape index (κ2) is 17.9. The number of hydrogen-bond acceptors (Lipinski definition) is 8. The maximum Gasteiger partial charge on any atom is 0.416 e. The van der Waals surface area contributed by atoms with Gasteiger partial charge in [0.2, 0.25) is 29.5 Å². The number of alkyl halides is 3. The number of thiazole rings is 1. The molecule has 3 aromatic rings. The fourth-order valence-corrected chi connectivity index (χ4v) is 6.27. The molecule has 0 unspecified atom stereocenters. The van der Waals surface area contributed by atoms with Crippen LogP contribution in [0.5, 0.6) is 0 Å². The molecule has 0 saturated carbocycles. The van der Waals surface area contributed by atoms with Crippen LogP contribution in [0.1, 0.15) is 55.2 Å². The SMILES string of the molecule is CC(C)[C@H]1NC(=O)[C@@H](NC(=O)c2csc(-c3ccc(C(F)(F)F)cc3)n2)CCCNC(=O)CN(C)C(=O)[C@H](Cc2ccccc2)NC(=O)[C@@H](C)NC1=O. The predicted octanol–water partition coefficient (Wildman–Crippen LogP) is 2.67. The van der Waals surface area contributed by atoms with E-state index < -0.39 is 77.3 Å². The molecule has 0 aliphatic carbocycles. The molecule has 1 aliphatic heterocycles. The van der Waals surface area contributed by atoms with E-state index in [-0.39, 0.29) is 43.1 Å². The zero-order valence-electron chi connectivity index (χ0n) is 29.6. The molecule has 2 aromatic carbocycles. The molecule has 1 saturated heterocycles. The van der Waals surface area contributed by atoms with Gasteiger partial charge in [-0.25, -0.2) is 4.98 Å². The first kappa shape index (κ1) is 40.5. The Balaban J connectivity index is 1.53. The highest BCUT2D eigenvalue weighted by atomic mass is 32.1. The third-order valence-corrected chi connectivity index (χ3v) is 9.35. The van der Waals surface area contributed by atoms with E-state index in [1.165, 1.54) is 36.4 Å². The number of rotatable bonds is 6. The van der Waals surface area contributed by atoms with E-state index in [0.29, 0.717) is 5.56 Å². The first-order valence-electron chi connectivity index (χ1n) is 16.9. The molecule has 5 N–H and O–H groups in total. The van der Waals surface area contributed by atoms with Crippen molar-refractivity contribution in [2.24, 2.45) is 5.92 Å². The summed E-state index contributed by atoms with van der Waals surface area (Å²) in [7, 11) is 1.43. The van der Waals surface area contributed by atoms with Crippen molar-refractivity contribution in [3.05, 3.63) is 76.8 Å². The molecule has 53 heavy (non-hydrogen) atoms. The van der Waals surface area contributed by atoms with Crippen molar-refractivity contribution in [1.29, 1.82) is 0 Å². The van der Waals surface area contributed by atoms with Gasteiger partial charge in [0.25, 0.3) is 5.91 Å². The lowest BCUT2D eigenvalue weighted by molar-refractivity contribution is -0.139. The number of nitrogens with one attached hydrogen (secondary N) is 5. The number of halogens is 3. The fourth-order valence-electron chi connectivity index (χ4n) is 5.47. The van der Waals surface area contributed by atoms with Crippen LogP contribution in [0.25, 0.3) is 10.6 Å². The first-order valence-corrected chi connectivity index (χ1v) is 17.8. The van der Waals surface area contributed by atoms with Gasteiger partial charge in [0.1, 0.15) is 34.9 Å². The molecule has 284 valence electrons. The predicted molar refractivity (Wildman–Crippen MR) is 190 cm³/mol. The average molecular weight is 758 g/mol. The molecule has 0 bridgehead atoms. The van der Waals surface area contributed by atoms with Crippen molar-refractivity contribution in [2.45, 2.75) is 70.4 Å². The van der Waals surface area contributed by atoms with Crippen molar-refractivity contribution in [2.75, 3.05) is 20.1 Å². The maximum absolute atomic E-state index is 13.7. The summed E-state index contributed by atoms with van der Waals surface area (Å²) < 4.78 is 39.0. The van der Waals surface area contributed by atoms with Crippen LogP contribution in [0.15, 0.2) is 60.0 Å². The van der Waals surface area contributed by atoms with E-state index in [1.807, 2.05) is 6.07 Å². The molecular formula is C36H42F3N7O6S. The molecule has 6 amide bonds. The Morgan fingerprint density at radius 3 is 2.28 bits per heavy atom. The summed E-state index contributed by atoms with van der Waals surface area (Å²) in [5, 5.41) is 15.0. The highest BCUT2D eigenvalue weighted by Crippen LogP contribution is 2.31. The van der Waals surface area contributed by atoms with Gasteiger partial charge in [0.05, 0.1) is 12.1 Å². The van der Waals surface area contributed by atoms with Crippen LogP contribution in [-0.4, -0.2) is 89.6 Å². The molecule has 13 nitrogen and oxygen atoms in total. The van der Waals surface area contributed by atoms with Gasteiger partial charge < -0.3 is 31.5 Å². The Hall–Kier alpha value is -5.32. The van der Waals surface area contributed by atoms with Crippen molar-refractivity contribution in [3.8, 4) is 10.6 Å². The van der Waals surface area contributed by atoms with Crippen LogP contribution in [0, 0.1) is 5.92 Å². The van der Waals surface area contributed by atoms with Gasteiger partial charge in [0, 0.05) is 31.0 Å². The minimum atomic E-state index is -4.51. The minimum absolute atomic E-state index is 0.0207. The van der Waals surface area contributed by atoms with Gasteiger partial charge in [-0.05, 0) is 43.4 Å². The third kappa shape index (κ3) is 11.3. The minimum Gasteiger partial charge on any atom is -0.355 e. The van der Waals surface area contributed by atoms with Gasteiger partial charge in [-0.3, -0.25) is 28.8 Å². The van der Waals surface area contributed by atoms with Gasteiger partial charge in [0.15, 0.2) is 0 Å². The maximum atomic E-state index is 13.7. The zero-order chi connectivity index (χ0) is 38.9. The number of carbonyl (C=O) groups excluding carboxylic acids is 6. The van der Waals surface area contributed by atoms with E-state index in [4.69, 9.17) is 0 Å². The second-order valence-electron chi connectivity index (χ2n) is 13.0. The Labute approximate surface area is 308 Å². The number of likely N-dealkylation sites (N-methyl/N-ethyl adjacent to an activating group) is 1.